The van der Waals surface area contributed by atoms with Gasteiger partial charge in [-0.25, -0.2) is 0 Å². The highest BCUT2D eigenvalue weighted by atomic mass is 16.5. The number of fused-ring (bicyclic) bond motifs is 3. The summed E-state index contributed by atoms with van der Waals surface area (Å²) in [6, 6.07) is 5.86. The fourth-order valence-electron chi connectivity index (χ4n) is 3.71. The van der Waals surface area contributed by atoms with Crippen molar-refractivity contribution in [3.63, 3.8) is 0 Å². The Kier molecular flexibility index (Phi) is 3.83. The number of carbonyl (C=O) groups excluding carboxylic acids is 1. The molecule has 5 nitrogen and oxygen atoms in total. The minimum absolute atomic E-state index is 0.0690. The third-order valence-electron chi connectivity index (χ3n) is 5.01. The van der Waals surface area contributed by atoms with Gasteiger partial charge in [0, 0.05) is 29.3 Å². The predicted molar refractivity (Wildman–Crippen MR) is 87.8 cm³/mol. The van der Waals surface area contributed by atoms with Crippen LogP contribution in [0.3, 0.4) is 0 Å². The first-order valence-corrected chi connectivity index (χ1v) is 8.31. The molecule has 0 saturated carbocycles. The Morgan fingerprint density at radius 1 is 1.30 bits per heavy atom. The molecule has 2 aliphatic rings. The summed E-state index contributed by atoms with van der Waals surface area (Å²) in [7, 11) is 1.65. The summed E-state index contributed by atoms with van der Waals surface area (Å²) in [6.45, 7) is 1.03. The van der Waals surface area contributed by atoms with E-state index in [9.17, 15) is 4.79 Å². The van der Waals surface area contributed by atoms with Gasteiger partial charge in [0.2, 0.25) is 0 Å². The number of rotatable bonds is 3. The molecule has 23 heavy (non-hydrogen) atoms. The first-order chi connectivity index (χ1) is 11.3. The summed E-state index contributed by atoms with van der Waals surface area (Å²) in [5.41, 5.74) is 4.52. The van der Waals surface area contributed by atoms with Gasteiger partial charge in [0.15, 0.2) is 0 Å². The van der Waals surface area contributed by atoms with Crippen molar-refractivity contribution in [3.05, 3.63) is 35.0 Å². The van der Waals surface area contributed by atoms with Gasteiger partial charge in [0.1, 0.15) is 6.10 Å². The van der Waals surface area contributed by atoms with Crippen LogP contribution in [0.5, 0.6) is 0 Å². The van der Waals surface area contributed by atoms with Crippen LogP contribution in [0.25, 0.3) is 10.9 Å². The van der Waals surface area contributed by atoms with Crippen LogP contribution in [-0.4, -0.2) is 43.4 Å². The zero-order chi connectivity index (χ0) is 15.8. The van der Waals surface area contributed by atoms with E-state index in [4.69, 9.17) is 9.47 Å². The molecule has 0 spiro atoms. The highest BCUT2D eigenvalue weighted by molar-refractivity contribution is 5.99. The molecule has 1 aliphatic carbocycles. The molecule has 1 aromatic carbocycles. The molecule has 2 N–H and O–H groups in total. The summed E-state index contributed by atoms with van der Waals surface area (Å²) in [6.07, 6.45) is 4.67. The summed E-state index contributed by atoms with van der Waals surface area (Å²) >= 11 is 0. The van der Waals surface area contributed by atoms with Gasteiger partial charge in [-0.3, -0.25) is 4.79 Å². The molecule has 2 aromatic rings. The molecule has 1 fully saturated rings. The van der Waals surface area contributed by atoms with Crippen molar-refractivity contribution in [2.45, 2.75) is 37.8 Å². The maximum Gasteiger partial charge on any atom is 0.251 e. The van der Waals surface area contributed by atoms with Crippen LogP contribution in [0.15, 0.2) is 18.2 Å². The average molecular weight is 314 g/mol. The lowest BCUT2D eigenvalue weighted by Crippen LogP contribution is -2.43. The Balaban J connectivity index is 1.58. The Hall–Kier alpha value is -1.85. The molecule has 1 aliphatic heterocycles. The van der Waals surface area contributed by atoms with Gasteiger partial charge in [0.25, 0.3) is 5.91 Å². The normalized spacial score (nSPS) is 23.9. The van der Waals surface area contributed by atoms with Crippen LogP contribution in [0, 0.1) is 0 Å². The van der Waals surface area contributed by atoms with Gasteiger partial charge in [0.05, 0.1) is 19.3 Å². The number of aromatic nitrogens is 1. The molecule has 0 bridgehead atoms. The number of ether oxygens (including phenoxy) is 2. The average Bonchev–Trinajstić information content (AvgIpc) is 3.17. The highest BCUT2D eigenvalue weighted by Gasteiger charge is 2.29. The van der Waals surface area contributed by atoms with Crippen molar-refractivity contribution in [2.24, 2.45) is 0 Å². The summed E-state index contributed by atoms with van der Waals surface area (Å²) < 4.78 is 10.7. The fraction of sp³-hybridized carbons (Fsp3) is 0.500. The van der Waals surface area contributed by atoms with Crippen LogP contribution >= 0.6 is 0 Å². The van der Waals surface area contributed by atoms with Crippen LogP contribution in [-0.2, 0) is 22.3 Å². The van der Waals surface area contributed by atoms with E-state index in [2.05, 4.69) is 16.4 Å². The van der Waals surface area contributed by atoms with Gasteiger partial charge in [-0.2, -0.15) is 0 Å². The van der Waals surface area contributed by atoms with Crippen molar-refractivity contribution < 1.29 is 14.3 Å². The van der Waals surface area contributed by atoms with Crippen LogP contribution in [0.1, 0.15) is 34.5 Å². The largest absolute Gasteiger partial charge is 0.377 e. The number of aryl methyl sites for hydroxylation is 2. The van der Waals surface area contributed by atoms with Crippen molar-refractivity contribution in [1.82, 2.24) is 10.3 Å². The van der Waals surface area contributed by atoms with E-state index in [1.807, 2.05) is 12.1 Å². The Bertz CT molecular complexity index is 737. The van der Waals surface area contributed by atoms with E-state index < -0.39 is 0 Å². The number of nitrogens with one attached hydrogen (secondary N) is 2. The van der Waals surface area contributed by atoms with Crippen molar-refractivity contribution in [3.8, 4) is 0 Å². The number of amides is 1. The monoisotopic (exact) mass is 314 g/mol. The molecule has 122 valence electrons. The zero-order valence-electron chi connectivity index (χ0n) is 13.4. The number of hydrogen-bond acceptors (Lipinski definition) is 3. The van der Waals surface area contributed by atoms with E-state index in [1.165, 1.54) is 29.5 Å². The molecular weight excluding hydrogens is 292 g/mol. The van der Waals surface area contributed by atoms with E-state index >= 15 is 0 Å². The second-order valence-corrected chi connectivity index (χ2v) is 6.44. The molecule has 2 heterocycles. The van der Waals surface area contributed by atoms with Gasteiger partial charge in [-0.1, -0.05) is 6.07 Å². The van der Waals surface area contributed by atoms with E-state index in [0.717, 1.165) is 18.4 Å². The number of carbonyl (C=O) groups is 1. The SMILES string of the molecule is CO[C@H]1COC[C@@H]1NC(=O)c1ccc2c3c([nH]c2c1)CCCC3. The third-order valence-corrected chi connectivity index (χ3v) is 5.01. The number of methoxy groups -OCH3 is 1. The standard InChI is InChI=1S/C18H22N2O3/c1-22-17-10-23-9-16(17)20-18(21)11-6-7-13-12-4-2-3-5-14(12)19-15(13)8-11/h6-8,16-17,19H,2-5,9-10H2,1H3,(H,20,21)/t16-,17-/m0/s1. The van der Waals surface area contributed by atoms with Gasteiger partial charge < -0.3 is 19.8 Å². The smallest absolute Gasteiger partial charge is 0.251 e. The topological polar surface area (TPSA) is 63.4 Å². The molecule has 1 aromatic heterocycles. The molecule has 2 atom stereocenters. The maximum absolute atomic E-state index is 12.5. The van der Waals surface area contributed by atoms with Crippen LogP contribution < -0.4 is 5.32 Å². The predicted octanol–water partition coefficient (Wildman–Crippen LogP) is 2.19. The maximum atomic E-state index is 12.5. The van der Waals surface area contributed by atoms with Crippen LogP contribution in [0.4, 0.5) is 0 Å². The Morgan fingerprint density at radius 2 is 2.17 bits per heavy atom. The molecule has 1 saturated heterocycles. The molecule has 0 unspecified atom stereocenters. The molecular formula is C18H22N2O3. The lowest BCUT2D eigenvalue weighted by atomic mass is 9.95. The summed E-state index contributed by atoms with van der Waals surface area (Å²) in [4.78, 5) is 16.0. The van der Waals surface area contributed by atoms with Crippen molar-refractivity contribution in [2.75, 3.05) is 20.3 Å². The number of benzene rings is 1. The van der Waals surface area contributed by atoms with Gasteiger partial charge in [-0.05, 0) is 43.4 Å². The summed E-state index contributed by atoms with van der Waals surface area (Å²) in [5.74, 6) is -0.0722. The van der Waals surface area contributed by atoms with Crippen molar-refractivity contribution >= 4 is 16.8 Å². The Morgan fingerprint density at radius 3 is 3.04 bits per heavy atom. The van der Waals surface area contributed by atoms with Gasteiger partial charge in [-0.15, -0.1) is 0 Å². The second-order valence-electron chi connectivity index (χ2n) is 6.44. The van der Waals surface area contributed by atoms with Gasteiger partial charge >= 0.3 is 0 Å². The lowest BCUT2D eigenvalue weighted by Gasteiger charge is -2.17. The van der Waals surface area contributed by atoms with E-state index in [-0.39, 0.29) is 18.1 Å². The molecule has 5 heteroatoms. The number of hydrogen-bond donors (Lipinski definition) is 2. The fourth-order valence-corrected chi connectivity index (χ4v) is 3.71. The first-order valence-electron chi connectivity index (χ1n) is 8.31. The minimum Gasteiger partial charge on any atom is -0.377 e. The van der Waals surface area contributed by atoms with E-state index in [1.54, 1.807) is 7.11 Å². The third kappa shape index (κ3) is 2.64. The first kappa shape index (κ1) is 14.7. The Labute approximate surface area is 135 Å². The zero-order valence-corrected chi connectivity index (χ0v) is 13.4. The molecule has 1 amide bonds. The summed E-state index contributed by atoms with van der Waals surface area (Å²) in [5, 5.41) is 4.28. The number of aromatic amines is 1. The molecule has 4 rings (SSSR count). The number of H-pyrrole nitrogens is 1. The molecule has 0 radical (unpaired) electrons. The van der Waals surface area contributed by atoms with E-state index in [0.29, 0.717) is 18.8 Å². The quantitative estimate of drug-likeness (QED) is 0.913. The highest BCUT2D eigenvalue weighted by Crippen LogP contribution is 2.29. The minimum atomic E-state index is -0.0833. The lowest BCUT2D eigenvalue weighted by molar-refractivity contribution is 0.0685. The van der Waals surface area contributed by atoms with Crippen molar-refractivity contribution in [1.29, 1.82) is 0 Å². The van der Waals surface area contributed by atoms with Crippen LogP contribution in [0.2, 0.25) is 0 Å². The second kappa shape index (κ2) is 5.98.